The molecule has 1 saturated heterocycles. The van der Waals surface area contributed by atoms with E-state index < -0.39 is 0 Å². The number of carbonyl (C=O) groups excluding carboxylic acids is 2. The minimum Gasteiger partial charge on any atom is -0.355 e. The molecule has 1 aromatic heterocycles. The zero-order valence-electron chi connectivity index (χ0n) is 14.0. The standard InChI is InChI=1S/C17H26N4O2/c1-3-8-18-16(22)12-21-9-4-5-14(11-21)17(23)20-15-7-6-13(2)10-19-15/h6-7,10,14H,3-5,8-9,11-12H2,1-2H3,(H,18,22)(H,19,20,23). The summed E-state index contributed by atoms with van der Waals surface area (Å²) in [5.41, 5.74) is 1.06. The molecule has 6 heteroatoms. The van der Waals surface area contributed by atoms with Gasteiger partial charge in [0, 0.05) is 19.3 Å². The average Bonchev–Trinajstić information content (AvgIpc) is 2.55. The van der Waals surface area contributed by atoms with Gasteiger partial charge in [0.05, 0.1) is 12.5 Å². The molecular formula is C17H26N4O2. The van der Waals surface area contributed by atoms with Crippen LogP contribution < -0.4 is 10.6 Å². The summed E-state index contributed by atoms with van der Waals surface area (Å²) in [6.07, 6.45) is 4.45. The van der Waals surface area contributed by atoms with Gasteiger partial charge in [-0.2, -0.15) is 0 Å². The van der Waals surface area contributed by atoms with Crippen molar-refractivity contribution in [1.82, 2.24) is 15.2 Å². The molecule has 0 radical (unpaired) electrons. The Bertz CT molecular complexity index is 530. The van der Waals surface area contributed by atoms with Crippen LogP contribution in [0.4, 0.5) is 5.82 Å². The second kappa shape index (κ2) is 8.62. The van der Waals surface area contributed by atoms with Crippen molar-refractivity contribution in [3.8, 4) is 0 Å². The highest BCUT2D eigenvalue weighted by molar-refractivity contribution is 5.92. The van der Waals surface area contributed by atoms with Crippen LogP contribution in [0.5, 0.6) is 0 Å². The molecule has 0 aromatic carbocycles. The molecule has 0 aliphatic carbocycles. The molecule has 1 aliphatic rings. The normalized spacial score (nSPS) is 18.4. The minimum absolute atomic E-state index is 0.0139. The number of aryl methyl sites for hydroxylation is 1. The van der Waals surface area contributed by atoms with Crippen molar-refractivity contribution in [2.75, 3.05) is 31.5 Å². The Morgan fingerprint density at radius 2 is 2.22 bits per heavy atom. The molecule has 126 valence electrons. The SMILES string of the molecule is CCCNC(=O)CN1CCCC(C(=O)Nc2ccc(C)cn2)C1. The number of hydrogen-bond donors (Lipinski definition) is 2. The van der Waals surface area contributed by atoms with Crippen LogP contribution >= 0.6 is 0 Å². The molecule has 1 unspecified atom stereocenters. The van der Waals surface area contributed by atoms with Crippen molar-refractivity contribution >= 4 is 17.6 Å². The summed E-state index contributed by atoms with van der Waals surface area (Å²) < 4.78 is 0. The van der Waals surface area contributed by atoms with Gasteiger partial charge in [-0.25, -0.2) is 4.98 Å². The summed E-state index contributed by atoms with van der Waals surface area (Å²) >= 11 is 0. The minimum atomic E-state index is -0.0918. The van der Waals surface area contributed by atoms with Crippen LogP contribution in [0.1, 0.15) is 31.7 Å². The van der Waals surface area contributed by atoms with Gasteiger partial charge < -0.3 is 10.6 Å². The lowest BCUT2D eigenvalue weighted by Gasteiger charge is -2.31. The second-order valence-corrected chi connectivity index (χ2v) is 6.13. The first-order valence-corrected chi connectivity index (χ1v) is 8.31. The molecule has 6 nitrogen and oxygen atoms in total. The Morgan fingerprint density at radius 3 is 2.91 bits per heavy atom. The summed E-state index contributed by atoms with van der Waals surface area (Å²) in [5.74, 6) is 0.511. The predicted molar refractivity (Wildman–Crippen MR) is 90.1 cm³/mol. The lowest BCUT2D eigenvalue weighted by Crippen LogP contribution is -2.45. The maximum absolute atomic E-state index is 12.4. The third-order valence-electron chi connectivity index (χ3n) is 3.98. The van der Waals surface area contributed by atoms with E-state index in [0.29, 0.717) is 25.5 Å². The van der Waals surface area contributed by atoms with E-state index in [9.17, 15) is 9.59 Å². The van der Waals surface area contributed by atoms with Crippen molar-refractivity contribution in [2.45, 2.75) is 33.1 Å². The van der Waals surface area contributed by atoms with Crippen molar-refractivity contribution in [2.24, 2.45) is 5.92 Å². The number of hydrogen-bond acceptors (Lipinski definition) is 4. The fourth-order valence-electron chi connectivity index (χ4n) is 2.71. The zero-order chi connectivity index (χ0) is 16.7. The highest BCUT2D eigenvalue weighted by Crippen LogP contribution is 2.18. The van der Waals surface area contributed by atoms with Crippen LogP contribution in [0.2, 0.25) is 0 Å². The highest BCUT2D eigenvalue weighted by Gasteiger charge is 2.26. The fraction of sp³-hybridized carbons (Fsp3) is 0.588. The Kier molecular flexibility index (Phi) is 6.52. The zero-order valence-corrected chi connectivity index (χ0v) is 14.0. The van der Waals surface area contributed by atoms with Crippen LogP contribution in [-0.4, -0.2) is 47.9 Å². The summed E-state index contributed by atoms with van der Waals surface area (Å²) in [6.45, 7) is 6.55. The van der Waals surface area contributed by atoms with E-state index in [0.717, 1.165) is 31.4 Å². The predicted octanol–water partition coefficient (Wildman–Crippen LogP) is 1.57. The molecule has 1 aromatic rings. The van der Waals surface area contributed by atoms with Crippen LogP contribution in [0.25, 0.3) is 0 Å². The number of amides is 2. The molecule has 1 fully saturated rings. The van der Waals surface area contributed by atoms with E-state index in [-0.39, 0.29) is 17.7 Å². The van der Waals surface area contributed by atoms with E-state index >= 15 is 0 Å². The Hall–Kier alpha value is -1.95. The largest absolute Gasteiger partial charge is 0.355 e. The van der Waals surface area contributed by atoms with E-state index in [1.807, 2.05) is 26.0 Å². The number of carbonyl (C=O) groups is 2. The summed E-state index contributed by atoms with van der Waals surface area (Å²) in [4.78, 5) is 30.4. The molecular weight excluding hydrogens is 292 g/mol. The molecule has 1 aliphatic heterocycles. The third-order valence-corrected chi connectivity index (χ3v) is 3.98. The van der Waals surface area contributed by atoms with Gasteiger partial charge in [-0.1, -0.05) is 13.0 Å². The summed E-state index contributed by atoms with van der Waals surface area (Å²) in [5, 5.41) is 5.75. The number of anilines is 1. The van der Waals surface area contributed by atoms with E-state index in [1.165, 1.54) is 0 Å². The molecule has 23 heavy (non-hydrogen) atoms. The number of rotatable bonds is 6. The van der Waals surface area contributed by atoms with Gasteiger partial charge in [-0.3, -0.25) is 14.5 Å². The lowest BCUT2D eigenvalue weighted by molar-refractivity contribution is -0.125. The molecule has 2 amide bonds. The number of nitrogens with one attached hydrogen (secondary N) is 2. The van der Waals surface area contributed by atoms with Gasteiger partial charge in [0.15, 0.2) is 0 Å². The van der Waals surface area contributed by atoms with Crippen molar-refractivity contribution in [1.29, 1.82) is 0 Å². The molecule has 1 atom stereocenters. The van der Waals surface area contributed by atoms with Crippen LogP contribution in [0.3, 0.4) is 0 Å². The van der Waals surface area contributed by atoms with Crippen LogP contribution in [-0.2, 0) is 9.59 Å². The lowest BCUT2D eigenvalue weighted by atomic mass is 9.97. The number of piperidine rings is 1. The quantitative estimate of drug-likeness (QED) is 0.835. The Labute approximate surface area is 137 Å². The van der Waals surface area contributed by atoms with Crippen LogP contribution in [0.15, 0.2) is 18.3 Å². The maximum Gasteiger partial charge on any atom is 0.234 e. The molecule has 0 spiro atoms. The van der Waals surface area contributed by atoms with Gasteiger partial charge in [0.2, 0.25) is 11.8 Å². The van der Waals surface area contributed by atoms with Gasteiger partial charge in [0.25, 0.3) is 0 Å². The van der Waals surface area contributed by atoms with E-state index in [2.05, 4.69) is 20.5 Å². The second-order valence-electron chi connectivity index (χ2n) is 6.13. The summed E-state index contributed by atoms with van der Waals surface area (Å²) in [7, 11) is 0. The van der Waals surface area contributed by atoms with Crippen LogP contribution in [0, 0.1) is 12.8 Å². The number of pyridine rings is 1. The van der Waals surface area contributed by atoms with Crippen molar-refractivity contribution in [3.05, 3.63) is 23.9 Å². The fourth-order valence-corrected chi connectivity index (χ4v) is 2.71. The maximum atomic E-state index is 12.4. The van der Waals surface area contributed by atoms with E-state index in [1.54, 1.807) is 6.20 Å². The Morgan fingerprint density at radius 1 is 1.39 bits per heavy atom. The van der Waals surface area contributed by atoms with Gasteiger partial charge in [0.1, 0.15) is 5.82 Å². The van der Waals surface area contributed by atoms with Gasteiger partial charge in [-0.15, -0.1) is 0 Å². The monoisotopic (exact) mass is 318 g/mol. The number of likely N-dealkylation sites (tertiary alicyclic amines) is 1. The van der Waals surface area contributed by atoms with Crippen molar-refractivity contribution in [3.63, 3.8) is 0 Å². The first-order chi connectivity index (χ1) is 11.1. The molecule has 2 N–H and O–H groups in total. The molecule has 0 saturated carbocycles. The highest BCUT2D eigenvalue weighted by atomic mass is 16.2. The number of nitrogens with zero attached hydrogens (tertiary/aromatic N) is 2. The van der Waals surface area contributed by atoms with E-state index in [4.69, 9.17) is 0 Å². The van der Waals surface area contributed by atoms with Gasteiger partial charge >= 0.3 is 0 Å². The molecule has 2 heterocycles. The van der Waals surface area contributed by atoms with Crippen molar-refractivity contribution < 1.29 is 9.59 Å². The first-order valence-electron chi connectivity index (χ1n) is 8.31. The first kappa shape index (κ1) is 17.4. The molecule has 2 rings (SSSR count). The molecule has 0 bridgehead atoms. The van der Waals surface area contributed by atoms with Gasteiger partial charge in [-0.05, 0) is 44.4 Å². The smallest absolute Gasteiger partial charge is 0.234 e. The Balaban J connectivity index is 1.83. The topological polar surface area (TPSA) is 74.3 Å². The number of aromatic nitrogens is 1. The summed E-state index contributed by atoms with van der Waals surface area (Å²) in [6, 6.07) is 3.74. The average molecular weight is 318 g/mol. The third kappa shape index (κ3) is 5.63.